The number of hydrogen-bond donors (Lipinski definition) is 1. The van der Waals surface area contributed by atoms with Crippen LogP contribution in [-0.4, -0.2) is 30.7 Å². The lowest BCUT2D eigenvalue weighted by molar-refractivity contribution is -0.137. The zero-order valence-electron chi connectivity index (χ0n) is 10.8. The largest absolute Gasteiger partial charge is 0.406 e. The third kappa shape index (κ3) is 5.02. The van der Waals surface area contributed by atoms with Gasteiger partial charge in [0, 0.05) is 13.1 Å². The van der Waals surface area contributed by atoms with Crippen LogP contribution in [0.15, 0.2) is 18.2 Å². The number of alkyl halides is 3. The zero-order chi connectivity index (χ0) is 15.5. The molecule has 1 aromatic carbocycles. The predicted molar refractivity (Wildman–Crippen MR) is 62.0 cm³/mol. The van der Waals surface area contributed by atoms with Gasteiger partial charge in [-0.15, -0.1) is 0 Å². The van der Waals surface area contributed by atoms with Crippen molar-refractivity contribution in [2.75, 3.05) is 13.6 Å². The number of halogens is 5. The van der Waals surface area contributed by atoms with Crippen molar-refractivity contribution < 1.29 is 26.7 Å². The quantitative estimate of drug-likeness (QED) is 0.853. The Morgan fingerprint density at radius 2 is 1.75 bits per heavy atom. The minimum Gasteiger partial charge on any atom is -0.331 e. The standard InChI is InChI=1S/C12H13F5N2O/c1-7(8-3-9(13)5-10(14)4-8)18-11(20)19(2)6-12(15,16)17/h3-5,7H,6H2,1-2H3,(H,18,20)/t7-/m0/s1. The van der Waals surface area contributed by atoms with Crippen molar-refractivity contribution >= 4 is 6.03 Å². The molecule has 0 aliphatic heterocycles. The van der Waals surface area contributed by atoms with E-state index in [4.69, 9.17) is 0 Å². The monoisotopic (exact) mass is 296 g/mol. The van der Waals surface area contributed by atoms with E-state index in [2.05, 4.69) is 5.32 Å². The van der Waals surface area contributed by atoms with Crippen molar-refractivity contribution in [1.82, 2.24) is 10.2 Å². The van der Waals surface area contributed by atoms with E-state index >= 15 is 0 Å². The van der Waals surface area contributed by atoms with Crippen LogP contribution in [0.25, 0.3) is 0 Å². The Balaban J connectivity index is 2.70. The van der Waals surface area contributed by atoms with E-state index in [1.54, 1.807) is 0 Å². The van der Waals surface area contributed by atoms with Crippen molar-refractivity contribution in [3.8, 4) is 0 Å². The van der Waals surface area contributed by atoms with Gasteiger partial charge < -0.3 is 10.2 Å². The van der Waals surface area contributed by atoms with Crippen LogP contribution in [0.4, 0.5) is 26.7 Å². The molecule has 0 spiro atoms. The van der Waals surface area contributed by atoms with E-state index in [0.717, 1.165) is 19.2 Å². The molecule has 0 aromatic heterocycles. The maximum absolute atomic E-state index is 13.0. The first-order valence-electron chi connectivity index (χ1n) is 5.63. The minimum atomic E-state index is -4.51. The number of hydrogen-bond acceptors (Lipinski definition) is 1. The summed E-state index contributed by atoms with van der Waals surface area (Å²) in [5.74, 6) is -1.66. The molecule has 0 unspecified atom stereocenters. The molecule has 0 saturated carbocycles. The highest BCUT2D eigenvalue weighted by molar-refractivity contribution is 5.74. The summed E-state index contributed by atoms with van der Waals surface area (Å²) in [7, 11) is 0.974. The Kier molecular flexibility index (Phi) is 4.91. The first-order valence-corrected chi connectivity index (χ1v) is 5.63. The first kappa shape index (κ1) is 16.2. The summed E-state index contributed by atoms with van der Waals surface area (Å²) >= 11 is 0. The zero-order valence-corrected chi connectivity index (χ0v) is 10.8. The number of carbonyl (C=O) groups is 1. The second kappa shape index (κ2) is 6.06. The molecule has 1 aromatic rings. The number of nitrogens with one attached hydrogen (secondary N) is 1. The van der Waals surface area contributed by atoms with Gasteiger partial charge in [-0.2, -0.15) is 13.2 Å². The predicted octanol–water partition coefficient (Wildman–Crippen LogP) is 3.23. The molecule has 0 saturated heterocycles. The van der Waals surface area contributed by atoms with Crippen LogP contribution in [0.1, 0.15) is 18.5 Å². The van der Waals surface area contributed by atoms with Gasteiger partial charge in [-0.1, -0.05) is 0 Å². The molecule has 112 valence electrons. The Bertz CT molecular complexity index is 469. The highest BCUT2D eigenvalue weighted by atomic mass is 19.4. The van der Waals surface area contributed by atoms with Crippen LogP contribution >= 0.6 is 0 Å². The van der Waals surface area contributed by atoms with E-state index in [0.29, 0.717) is 11.0 Å². The number of amides is 2. The third-order valence-electron chi connectivity index (χ3n) is 2.49. The molecule has 0 aliphatic rings. The normalized spacial score (nSPS) is 12.9. The van der Waals surface area contributed by atoms with E-state index in [1.165, 1.54) is 6.92 Å². The van der Waals surface area contributed by atoms with Crippen molar-refractivity contribution in [2.24, 2.45) is 0 Å². The maximum Gasteiger partial charge on any atom is 0.406 e. The van der Waals surface area contributed by atoms with Crippen LogP contribution in [0.3, 0.4) is 0 Å². The summed E-state index contributed by atoms with van der Waals surface area (Å²) in [6.07, 6.45) is -4.51. The smallest absolute Gasteiger partial charge is 0.331 e. The van der Waals surface area contributed by atoms with Crippen molar-refractivity contribution in [3.05, 3.63) is 35.4 Å². The fourth-order valence-corrected chi connectivity index (χ4v) is 1.54. The molecule has 0 heterocycles. The highest BCUT2D eigenvalue weighted by Gasteiger charge is 2.31. The van der Waals surface area contributed by atoms with E-state index in [1.807, 2.05) is 0 Å². The van der Waals surface area contributed by atoms with Crippen molar-refractivity contribution in [3.63, 3.8) is 0 Å². The average molecular weight is 296 g/mol. The van der Waals surface area contributed by atoms with E-state index in [9.17, 15) is 26.7 Å². The third-order valence-corrected chi connectivity index (χ3v) is 2.49. The molecule has 8 heteroatoms. The van der Waals surface area contributed by atoms with Gasteiger partial charge in [0.15, 0.2) is 0 Å². The molecular formula is C12H13F5N2O. The molecule has 0 fully saturated rings. The molecule has 1 atom stereocenters. The SMILES string of the molecule is C[C@H](NC(=O)N(C)CC(F)(F)F)c1cc(F)cc(F)c1. The number of nitrogens with zero attached hydrogens (tertiary/aromatic N) is 1. The van der Waals surface area contributed by atoms with Crippen LogP contribution in [0.2, 0.25) is 0 Å². The van der Waals surface area contributed by atoms with Gasteiger partial charge in [0.1, 0.15) is 18.2 Å². The number of benzene rings is 1. The fourth-order valence-electron chi connectivity index (χ4n) is 1.54. The number of carbonyl (C=O) groups excluding carboxylic acids is 1. The van der Waals surface area contributed by atoms with Crippen LogP contribution in [0, 0.1) is 11.6 Å². The van der Waals surface area contributed by atoms with Crippen LogP contribution < -0.4 is 5.32 Å². The van der Waals surface area contributed by atoms with E-state index in [-0.39, 0.29) is 5.56 Å². The minimum absolute atomic E-state index is 0.122. The molecular weight excluding hydrogens is 283 g/mol. The van der Waals surface area contributed by atoms with Gasteiger partial charge in [-0.3, -0.25) is 0 Å². The lowest BCUT2D eigenvalue weighted by Crippen LogP contribution is -2.43. The lowest BCUT2D eigenvalue weighted by Gasteiger charge is -2.22. The summed E-state index contributed by atoms with van der Waals surface area (Å²) < 4.78 is 62.3. The van der Waals surface area contributed by atoms with Gasteiger partial charge in [0.25, 0.3) is 0 Å². The Labute approximate surface area is 112 Å². The van der Waals surface area contributed by atoms with E-state index < -0.39 is 36.4 Å². The van der Waals surface area contributed by atoms with Crippen LogP contribution in [-0.2, 0) is 0 Å². The topological polar surface area (TPSA) is 32.3 Å². The average Bonchev–Trinajstić information content (AvgIpc) is 2.25. The maximum atomic E-state index is 13.0. The lowest BCUT2D eigenvalue weighted by atomic mass is 10.1. The number of rotatable bonds is 3. The van der Waals surface area contributed by atoms with Gasteiger partial charge in [0.2, 0.25) is 0 Å². The molecule has 0 bridgehead atoms. The fraction of sp³-hybridized carbons (Fsp3) is 0.417. The summed E-state index contributed by atoms with van der Waals surface area (Å²) in [5, 5.41) is 2.23. The second-order valence-electron chi connectivity index (χ2n) is 4.35. The van der Waals surface area contributed by atoms with Crippen molar-refractivity contribution in [1.29, 1.82) is 0 Å². The molecule has 20 heavy (non-hydrogen) atoms. The van der Waals surface area contributed by atoms with Gasteiger partial charge >= 0.3 is 12.2 Å². The Morgan fingerprint density at radius 3 is 2.20 bits per heavy atom. The second-order valence-corrected chi connectivity index (χ2v) is 4.35. The van der Waals surface area contributed by atoms with Gasteiger partial charge in [0.05, 0.1) is 6.04 Å². The summed E-state index contributed by atoms with van der Waals surface area (Å²) in [5.41, 5.74) is 0.122. The van der Waals surface area contributed by atoms with Gasteiger partial charge in [-0.25, -0.2) is 13.6 Å². The molecule has 0 radical (unpaired) electrons. The van der Waals surface area contributed by atoms with Gasteiger partial charge in [-0.05, 0) is 24.6 Å². The summed E-state index contributed by atoms with van der Waals surface area (Å²) in [4.78, 5) is 11.9. The molecule has 3 nitrogen and oxygen atoms in total. The Morgan fingerprint density at radius 1 is 1.25 bits per heavy atom. The highest BCUT2D eigenvalue weighted by Crippen LogP contribution is 2.18. The molecule has 0 aliphatic carbocycles. The molecule has 2 amide bonds. The summed E-state index contributed by atoms with van der Waals surface area (Å²) in [6, 6.07) is 0.839. The Hall–Kier alpha value is -1.86. The molecule has 1 rings (SSSR count). The first-order chi connectivity index (χ1) is 9.08. The van der Waals surface area contributed by atoms with Crippen molar-refractivity contribution in [2.45, 2.75) is 19.1 Å². The summed E-state index contributed by atoms with van der Waals surface area (Å²) in [6.45, 7) is -0.00337. The van der Waals surface area contributed by atoms with Crippen LogP contribution in [0.5, 0.6) is 0 Å². The number of urea groups is 1. The molecule has 1 N–H and O–H groups in total.